The van der Waals surface area contributed by atoms with Gasteiger partial charge in [0.25, 0.3) is 0 Å². The van der Waals surface area contributed by atoms with Crippen LogP contribution in [-0.2, 0) is 6.42 Å². The van der Waals surface area contributed by atoms with Crippen molar-refractivity contribution in [3.05, 3.63) is 59.9 Å². The smallest absolute Gasteiger partial charge is 0.0554 e. The summed E-state index contributed by atoms with van der Waals surface area (Å²) in [4.78, 5) is 0. The predicted octanol–water partition coefficient (Wildman–Crippen LogP) is 2.60. The van der Waals surface area contributed by atoms with Crippen LogP contribution in [0.25, 0.3) is 0 Å². The van der Waals surface area contributed by atoms with Crippen molar-refractivity contribution in [1.29, 1.82) is 0 Å². The van der Waals surface area contributed by atoms with Crippen molar-refractivity contribution >= 4 is 0 Å². The molecule has 1 atom stereocenters. The Morgan fingerprint density at radius 1 is 1.12 bits per heavy atom. The van der Waals surface area contributed by atoms with Crippen LogP contribution in [0, 0.1) is 0 Å². The molecule has 2 rings (SSSR count). The summed E-state index contributed by atoms with van der Waals surface area (Å²) < 4.78 is 2.29. The van der Waals surface area contributed by atoms with Crippen LogP contribution < -0.4 is 5.73 Å². The van der Waals surface area contributed by atoms with E-state index in [1.54, 1.807) is 0 Å². The van der Waals surface area contributed by atoms with Gasteiger partial charge in [-0.05, 0) is 37.6 Å². The summed E-state index contributed by atoms with van der Waals surface area (Å²) in [7, 11) is 0. The van der Waals surface area contributed by atoms with Gasteiger partial charge in [0.1, 0.15) is 0 Å². The number of hydrogen-bond donors (Lipinski definition) is 1. The Balaban J connectivity index is 2.27. The van der Waals surface area contributed by atoms with Gasteiger partial charge in [0.05, 0.1) is 6.04 Å². The number of benzene rings is 1. The van der Waals surface area contributed by atoms with Crippen molar-refractivity contribution in [2.75, 3.05) is 6.54 Å². The van der Waals surface area contributed by atoms with E-state index in [-0.39, 0.29) is 0 Å². The Labute approximate surface area is 96.7 Å². The van der Waals surface area contributed by atoms with Gasteiger partial charge in [0.2, 0.25) is 0 Å². The molecule has 84 valence electrons. The first kappa shape index (κ1) is 11.0. The molecule has 2 heteroatoms. The maximum Gasteiger partial charge on any atom is 0.0554 e. The minimum absolute atomic E-state index is 0.373. The van der Waals surface area contributed by atoms with E-state index in [1.165, 1.54) is 11.3 Å². The van der Waals surface area contributed by atoms with E-state index >= 15 is 0 Å². The van der Waals surface area contributed by atoms with Gasteiger partial charge in [-0.1, -0.05) is 30.3 Å². The second kappa shape index (κ2) is 4.99. The summed E-state index contributed by atoms with van der Waals surface area (Å²) in [5.41, 5.74) is 8.25. The van der Waals surface area contributed by atoms with Crippen molar-refractivity contribution in [2.24, 2.45) is 5.73 Å². The Bertz CT molecular complexity index is 431. The second-order valence-corrected chi connectivity index (χ2v) is 4.03. The first-order valence-electron chi connectivity index (χ1n) is 5.73. The molecule has 0 saturated heterocycles. The van der Waals surface area contributed by atoms with E-state index in [1.807, 2.05) is 6.07 Å². The Morgan fingerprint density at radius 3 is 2.56 bits per heavy atom. The van der Waals surface area contributed by atoms with Crippen LogP contribution >= 0.6 is 0 Å². The molecule has 2 aromatic rings. The van der Waals surface area contributed by atoms with Crippen molar-refractivity contribution in [3.63, 3.8) is 0 Å². The second-order valence-electron chi connectivity index (χ2n) is 4.03. The van der Waals surface area contributed by atoms with E-state index in [4.69, 9.17) is 5.73 Å². The zero-order valence-electron chi connectivity index (χ0n) is 9.63. The van der Waals surface area contributed by atoms with Crippen LogP contribution in [0.4, 0.5) is 0 Å². The number of hydrogen-bond acceptors (Lipinski definition) is 1. The minimum Gasteiger partial charge on any atom is -0.344 e. The van der Waals surface area contributed by atoms with Gasteiger partial charge in [-0.25, -0.2) is 0 Å². The minimum atomic E-state index is 0.373. The highest BCUT2D eigenvalue weighted by Gasteiger charge is 2.09. The Kier molecular flexibility index (Phi) is 3.42. The zero-order chi connectivity index (χ0) is 11.4. The maximum absolute atomic E-state index is 5.61. The van der Waals surface area contributed by atoms with Crippen molar-refractivity contribution < 1.29 is 0 Å². The van der Waals surface area contributed by atoms with E-state index in [0.717, 1.165) is 6.42 Å². The van der Waals surface area contributed by atoms with Gasteiger partial charge in [-0.2, -0.15) is 0 Å². The summed E-state index contributed by atoms with van der Waals surface area (Å²) in [6, 6.07) is 15.1. The van der Waals surface area contributed by atoms with Gasteiger partial charge in [0, 0.05) is 11.9 Å². The van der Waals surface area contributed by atoms with Crippen LogP contribution in [0.5, 0.6) is 0 Å². The molecule has 1 heterocycles. The van der Waals surface area contributed by atoms with E-state index in [9.17, 15) is 0 Å². The third-order valence-electron chi connectivity index (χ3n) is 2.97. The number of aromatic nitrogens is 1. The molecule has 0 fully saturated rings. The van der Waals surface area contributed by atoms with Gasteiger partial charge >= 0.3 is 0 Å². The highest BCUT2D eigenvalue weighted by molar-refractivity contribution is 5.21. The highest BCUT2D eigenvalue weighted by Crippen LogP contribution is 2.20. The fraction of sp³-hybridized carbons (Fsp3) is 0.286. The number of rotatable bonds is 4. The Hall–Kier alpha value is -1.54. The highest BCUT2D eigenvalue weighted by atomic mass is 15.0. The van der Waals surface area contributed by atoms with E-state index in [2.05, 4.69) is 54.1 Å². The molecule has 2 N–H and O–H groups in total. The lowest BCUT2D eigenvalue weighted by molar-refractivity contribution is 0.610. The molecular formula is C14H18N2. The molecule has 0 aliphatic rings. The van der Waals surface area contributed by atoms with Crippen LogP contribution in [0.2, 0.25) is 0 Å². The van der Waals surface area contributed by atoms with Crippen molar-refractivity contribution in [2.45, 2.75) is 19.4 Å². The van der Waals surface area contributed by atoms with Crippen LogP contribution in [0.1, 0.15) is 24.2 Å². The molecule has 1 aromatic carbocycles. The van der Waals surface area contributed by atoms with Crippen LogP contribution in [-0.4, -0.2) is 11.1 Å². The third-order valence-corrected chi connectivity index (χ3v) is 2.97. The molecule has 2 nitrogen and oxygen atoms in total. The molecule has 16 heavy (non-hydrogen) atoms. The van der Waals surface area contributed by atoms with Crippen LogP contribution in [0.3, 0.4) is 0 Å². The van der Waals surface area contributed by atoms with E-state index < -0.39 is 0 Å². The monoisotopic (exact) mass is 214 g/mol. The van der Waals surface area contributed by atoms with Gasteiger partial charge < -0.3 is 10.3 Å². The normalized spacial score (nSPS) is 12.6. The fourth-order valence-corrected chi connectivity index (χ4v) is 2.06. The SMILES string of the molecule is CC(c1ccccc1)n1cccc1CCN. The number of nitrogens with zero attached hydrogens (tertiary/aromatic N) is 1. The average molecular weight is 214 g/mol. The summed E-state index contributed by atoms with van der Waals surface area (Å²) in [5, 5.41) is 0. The lowest BCUT2D eigenvalue weighted by Gasteiger charge is -2.17. The largest absolute Gasteiger partial charge is 0.344 e. The first-order chi connectivity index (χ1) is 7.83. The third kappa shape index (κ3) is 2.17. The topological polar surface area (TPSA) is 30.9 Å². The molecule has 0 aliphatic heterocycles. The molecule has 0 saturated carbocycles. The maximum atomic E-state index is 5.61. The Morgan fingerprint density at radius 2 is 1.88 bits per heavy atom. The molecule has 0 amide bonds. The van der Waals surface area contributed by atoms with Gasteiger partial charge in [0.15, 0.2) is 0 Å². The first-order valence-corrected chi connectivity index (χ1v) is 5.73. The van der Waals surface area contributed by atoms with Crippen molar-refractivity contribution in [1.82, 2.24) is 4.57 Å². The summed E-state index contributed by atoms with van der Waals surface area (Å²) >= 11 is 0. The molecule has 1 unspecified atom stereocenters. The predicted molar refractivity (Wildman–Crippen MR) is 67.4 cm³/mol. The summed E-state index contributed by atoms with van der Waals surface area (Å²) in [6.45, 7) is 2.92. The van der Waals surface area contributed by atoms with Gasteiger partial charge in [-0.3, -0.25) is 0 Å². The quantitative estimate of drug-likeness (QED) is 0.833. The van der Waals surface area contributed by atoms with E-state index in [0.29, 0.717) is 12.6 Å². The summed E-state index contributed by atoms with van der Waals surface area (Å²) in [5.74, 6) is 0. The molecule has 1 aromatic heterocycles. The van der Waals surface area contributed by atoms with Crippen LogP contribution in [0.15, 0.2) is 48.7 Å². The lowest BCUT2D eigenvalue weighted by atomic mass is 10.1. The number of nitrogens with two attached hydrogens (primary N) is 1. The molecule has 0 spiro atoms. The fourth-order valence-electron chi connectivity index (χ4n) is 2.06. The van der Waals surface area contributed by atoms with Gasteiger partial charge in [-0.15, -0.1) is 0 Å². The van der Waals surface area contributed by atoms with Crippen molar-refractivity contribution in [3.8, 4) is 0 Å². The zero-order valence-corrected chi connectivity index (χ0v) is 9.63. The molecule has 0 bridgehead atoms. The summed E-state index contributed by atoms with van der Waals surface area (Å²) in [6.07, 6.45) is 3.06. The standard InChI is InChI=1S/C14H18N2/c1-12(13-6-3-2-4-7-13)16-11-5-8-14(16)9-10-15/h2-8,11-12H,9-10,15H2,1H3. The molecule has 0 radical (unpaired) electrons. The average Bonchev–Trinajstić information content (AvgIpc) is 2.78. The molecule has 0 aliphatic carbocycles. The lowest BCUT2D eigenvalue weighted by Crippen LogP contribution is -2.12. The molecular weight excluding hydrogens is 196 g/mol.